The molecule has 0 N–H and O–H groups in total. The molecule has 1 aliphatic rings. The Morgan fingerprint density at radius 1 is 1.12 bits per heavy atom. The van der Waals surface area contributed by atoms with Crippen LogP contribution in [0.3, 0.4) is 0 Å². The number of rotatable bonds is 5. The molecule has 2 heteroatoms. The third kappa shape index (κ3) is 2.78. The fourth-order valence-electron chi connectivity index (χ4n) is 2.10. The van der Waals surface area contributed by atoms with Crippen molar-refractivity contribution in [2.24, 2.45) is 5.92 Å². The van der Waals surface area contributed by atoms with Gasteiger partial charge < -0.3 is 9.47 Å². The average molecular weight is 218 g/mol. The molecule has 1 heterocycles. The number of hydrogen-bond acceptors (Lipinski definition) is 2. The van der Waals surface area contributed by atoms with Gasteiger partial charge in [-0.1, -0.05) is 43.7 Å². The molecule has 1 atom stereocenters. The van der Waals surface area contributed by atoms with E-state index in [1.165, 1.54) is 5.56 Å². The van der Waals surface area contributed by atoms with E-state index < -0.39 is 0 Å². The number of ether oxygens (including phenoxy) is 2. The largest absolute Gasteiger partial charge is 0.459 e. The first kappa shape index (κ1) is 11.1. The Kier molecular flexibility index (Phi) is 3.86. The highest BCUT2D eigenvalue weighted by Crippen LogP contribution is 2.24. The second-order valence-corrected chi connectivity index (χ2v) is 4.15. The van der Waals surface area contributed by atoms with Crippen LogP contribution < -0.4 is 0 Å². The molecule has 1 aliphatic heterocycles. The van der Waals surface area contributed by atoms with E-state index in [4.69, 9.17) is 9.47 Å². The minimum Gasteiger partial charge on any atom is -0.459 e. The third-order valence-corrected chi connectivity index (χ3v) is 2.87. The van der Waals surface area contributed by atoms with Crippen molar-refractivity contribution >= 4 is 0 Å². The van der Waals surface area contributed by atoms with Crippen LogP contribution in [0.25, 0.3) is 0 Å². The maximum Gasteiger partial charge on any atom is 0.242 e. The van der Waals surface area contributed by atoms with E-state index in [-0.39, 0.29) is 6.29 Å². The fourth-order valence-corrected chi connectivity index (χ4v) is 2.10. The van der Waals surface area contributed by atoms with Crippen LogP contribution in [-0.4, -0.2) is 6.29 Å². The predicted octanol–water partition coefficient (Wildman–Crippen LogP) is 3.49. The van der Waals surface area contributed by atoms with E-state index in [0.717, 1.165) is 19.3 Å². The van der Waals surface area contributed by atoms with Crippen LogP contribution in [0.15, 0.2) is 42.9 Å². The summed E-state index contributed by atoms with van der Waals surface area (Å²) in [4.78, 5) is 0. The minimum atomic E-state index is -0.0971. The zero-order chi connectivity index (χ0) is 11.2. The second kappa shape index (κ2) is 5.59. The first-order chi connectivity index (χ1) is 7.90. The molecular formula is C14H18O2. The van der Waals surface area contributed by atoms with Crippen molar-refractivity contribution in [1.82, 2.24) is 0 Å². The molecule has 1 unspecified atom stereocenters. The van der Waals surface area contributed by atoms with E-state index >= 15 is 0 Å². The molecule has 0 aliphatic carbocycles. The molecule has 1 aromatic rings. The first-order valence-corrected chi connectivity index (χ1v) is 5.90. The average Bonchev–Trinajstić information content (AvgIpc) is 2.83. The fraction of sp³-hybridized carbons (Fsp3) is 0.429. The summed E-state index contributed by atoms with van der Waals surface area (Å²) < 4.78 is 10.9. The van der Waals surface area contributed by atoms with Crippen molar-refractivity contribution in [3.63, 3.8) is 0 Å². The molecule has 0 fully saturated rings. The Bertz CT molecular complexity index is 324. The molecule has 0 saturated carbocycles. The third-order valence-electron chi connectivity index (χ3n) is 2.87. The van der Waals surface area contributed by atoms with Crippen molar-refractivity contribution < 1.29 is 9.47 Å². The van der Waals surface area contributed by atoms with Crippen LogP contribution in [0.2, 0.25) is 0 Å². The van der Waals surface area contributed by atoms with Crippen molar-refractivity contribution in [1.29, 1.82) is 0 Å². The Labute approximate surface area is 96.9 Å². The van der Waals surface area contributed by atoms with E-state index in [2.05, 4.69) is 31.2 Å². The highest BCUT2D eigenvalue weighted by Gasteiger charge is 2.24. The van der Waals surface area contributed by atoms with Crippen molar-refractivity contribution in [3.05, 3.63) is 48.4 Å². The van der Waals surface area contributed by atoms with Crippen LogP contribution in [0.4, 0.5) is 0 Å². The van der Waals surface area contributed by atoms with E-state index in [1.54, 1.807) is 12.5 Å². The SMILES string of the molecule is CCCC(Cc1ccccc1)C1OC=CO1. The Balaban J connectivity index is 1.97. The number of hydrogen-bond donors (Lipinski definition) is 0. The molecule has 0 bridgehead atoms. The van der Waals surface area contributed by atoms with Gasteiger partial charge in [0.05, 0.1) is 0 Å². The summed E-state index contributed by atoms with van der Waals surface area (Å²) in [5.74, 6) is 0.433. The molecular weight excluding hydrogens is 200 g/mol. The van der Waals surface area contributed by atoms with Crippen molar-refractivity contribution in [3.8, 4) is 0 Å². The molecule has 2 rings (SSSR count). The van der Waals surface area contributed by atoms with Crippen LogP contribution >= 0.6 is 0 Å². The Morgan fingerprint density at radius 3 is 2.44 bits per heavy atom. The molecule has 2 nitrogen and oxygen atoms in total. The van der Waals surface area contributed by atoms with Crippen LogP contribution in [0.5, 0.6) is 0 Å². The van der Waals surface area contributed by atoms with Gasteiger partial charge in [-0.25, -0.2) is 0 Å². The molecule has 0 aromatic heterocycles. The maximum absolute atomic E-state index is 5.44. The number of benzene rings is 1. The lowest BCUT2D eigenvalue weighted by Crippen LogP contribution is -2.23. The van der Waals surface area contributed by atoms with E-state index in [1.807, 2.05) is 6.07 Å². The van der Waals surface area contributed by atoms with Gasteiger partial charge in [0.1, 0.15) is 12.5 Å². The van der Waals surface area contributed by atoms with Gasteiger partial charge in [0, 0.05) is 5.92 Å². The molecule has 1 aromatic carbocycles. The van der Waals surface area contributed by atoms with Gasteiger partial charge in [-0.3, -0.25) is 0 Å². The topological polar surface area (TPSA) is 18.5 Å². The quantitative estimate of drug-likeness (QED) is 0.753. The van der Waals surface area contributed by atoms with Gasteiger partial charge in [-0.15, -0.1) is 0 Å². The van der Waals surface area contributed by atoms with Gasteiger partial charge in [0.2, 0.25) is 6.29 Å². The van der Waals surface area contributed by atoms with Crippen LogP contribution in [0, 0.1) is 5.92 Å². The monoisotopic (exact) mass is 218 g/mol. The molecule has 16 heavy (non-hydrogen) atoms. The smallest absolute Gasteiger partial charge is 0.242 e. The lowest BCUT2D eigenvalue weighted by atomic mass is 9.94. The molecule has 86 valence electrons. The Morgan fingerprint density at radius 2 is 1.81 bits per heavy atom. The van der Waals surface area contributed by atoms with Gasteiger partial charge in [-0.2, -0.15) is 0 Å². The van der Waals surface area contributed by atoms with Crippen LogP contribution in [0.1, 0.15) is 25.3 Å². The standard InChI is InChI=1S/C14H18O2/c1-2-6-13(14-15-9-10-16-14)11-12-7-4-3-5-8-12/h3-5,7-10,13-14H,2,6,11H2,1H3. The summed E-state index contributed by atoms with van der Waals surface area (Å²) in [5, 5.41) is 0. The maximum atomic E-state index is 5.44. The summed E-state index contributed by atoms with van der Waals surface area (Å²) in [6.45, 7) is 2.19. The van der Waals surface area contributed by atoms with Gasteiger partial charge in [0.15, 0.2) is 0 Å². The highest BCUT2D eigenvalue weighted by atomic mass is 16.7. The van der Waals surface area contributed by atoms with E-state index in [9.17, 15) is 0 Å². The highest BCUT2D eigenvalue weighted by molar-refractivity contribution is 5.15. The van der Waals surface area contributed by atoms with Gasteiger partial charge in [-0.05, 0) is 18.4 Å². The van der Waals surface area contributed by atoms with Gasteiger partial charge >= 0.3 is 0 Å². The summed E-state index contributed by atoms with van der Waals surface area (Å²) in [6, 6.07) is 10.5. The van der Waals surface area contributed by atoms with E-state index in [0.29, 0.717) is 5.92 Å². The summed E-state index contributed by atoms with van der Waals surface area (Å²) >= 11 is 0. The zero-order valence-electron chi connectivity index (χ0n) is 9.63. The molecule has 0 radical (unpaired) electrons. The predicted molar refractivity (Wildman–Crippen MR) is 63.6 cm³/mol. The van der Waals surface area contributed by atoms with Crippen molar-refractivity contribution in [2.75, 3.05) is 0 Å². The summed E-state index contributed by atoms with van der Waals surface area (Å²) in [7, 11) is 0. The lowest BCUT2D eigenvalue weighted by Gasteiger charge is -2.21. The van der Waals surface area contributed by atoms with Crippen LogP contribution in [-0.2, 0) is 15.9 Å². The molecule has 0 amide bonds. The zero-order valence-corrected chi connectivity index (χ0v) is 9.63. The van der Waals surface area contributed by atoms with Gasteiger partial charge in [0.25, 0.3) is 0 Å². The molecule has 0 spiro atoms. The summed E-state index contributed by atoms with van der Waals surface area (Å²) in [5.41, 5.74) is 1.35. The second-order valence-electron chi connectivity index (χ2n) is 4.15. The normalized spacial score (nSPS) is 16.8. The van der Waals surface area contributed by atoms with Crippen molar-refractivity contribution in [2.45, 2.75) is 32.5 Å². The Hall–Kier alpha value is -1.44. The minimum absolute atomic E-state index is 0.0971. The first-order valence-electron chi connectivity index (χ1n) is 5.90. The lowest BCUT2D eigenvalue weighted by molar-refractivity contribution is -0.0689. The summed E-state index contributed by atoms with van der Waals surface area (Å²) in [6.07, 6.45) is 6.47. The molecule has 0 saturated heterocycles.